The van der Waals surface area contributed by atoms with Crippen molar-refractivity contribution in [1.29, 1.82) is 0 Å². The monoisotopic (exact) mass is 399 g/mol. The average Bonchev–Trinajstić information content (AvgIpc) is 2.65. The van der Waals surface area contributed by atoms with E-state index < -0.39 is 36.2 Å². The second kappa shape index (κ2) is 10.1. The molecule has 2 aromatic carbocycles. The first-order chi connectivity index (χ1) is 13.7. The molecule has 0 unspecified atom stereocenters. The van der Waals surface area contributed by atoms with Crippen molar-refractivity contribution in [2.24, 2.45) is 5.92 Å². The molecule has 0 spiro atoms. The summed E-state index contributed by atoms with van der Waals surface area (Å²) in [5, 5.41) is 21.4. The highest BCUT2D eigenvalue weighted by Gasteiger charge is 2.25. The van der Waals surface area contributed by atoms with Crippen molar-refractivity contribution in [1.82, 2.24) is 5.32 Å². The van der Waals surface area contributed by atoms with E-state index in [0.717, 1.165) is 16.7 Å². The number of carbonyl (C=O) groups excluding carboxylic acids is 1. The van der Waals surface area contributed by atoms with Crippen molar-refractivity contribution in [3.63, 3.8) is 0 Å². The van der Waals surface area contributed by atoms with Gasteiger partial charge in [-0.3, -0.25) is 4.79 Å². The van der Waals surface area contributed by atoms with Crippen LogP contribution < -0.4 is 5.32 Å². The summed E-state index contributed by atoms with van der Waals surface area (Å²) in [6.45, 7) is 4.79. The molecule has 3 N–H and O–H groups in total. The number of carboxylic acid groups (broad SMARTS) is 1. The predicted molar refractivity (Wildman–Crippen MR) is 112 cm³/mol. The Labute approximate surface area is 171 Å². The Morgan fingerprint density at radius 2 is 1.59 bits per heavy atom. The predicted octanol–water partition coefficient (Wildman–Crippen LogP) is 3.87. The molecule has 0 bridgehead atoms. The second-order valence-corrected chi connectivity index (χ2v) is 8.06. The van der Waals surface area contributed by atoms with Gasteiger partial charge in [0.05, 0.1) is 12.5 Å². The molecule has 0 radical (unpaired) electrons. The first-order valence-corrected chi connectivity index (χ1v) is 9.65. The first kappa shape index (κ1) is 22.4. The van der Waals surface area contributed by atoms with Gasteiger partial charge in [0.25, 0.3) is 0 Å². The summed E-state index contributed by atoms with van der Waals surface area (Å²) in [5.74, 6) is -2.05. The van der Waals surface area contributed by atoms with Gasteiger partial charge in [0, 0.05) is 6.04 Å². The van der Waals surface area contributed by atoms with Crippen molar-refractivity contribution in [2.75, 3.05) is 6.61 Å². The SMILES string of the molecule is CC(C)(C)OC(=O)N[C@H](Cc1ccc(-c2ccccc2)cc1)C[C@H](CO)C(=O)O. The molecule has 6 heteroatoms. The average molecular weight is 399 g/mol. The number of ether oxygens (including phenoxy) is 1. The quantitative estimate of drug-likeness (QED) is 0.626. The molecular formula is C23H29NO5. The molecule has 156 valence electrons. The number of amides is 1. The van der Waals surface area contributed by atoms with Gasteiger partial charge in [-0.05, 0) is 50.3 Å². The molecule has 0 heterocycles. The number of rotatable bonds is 8. The first-order valence-electron chi connectivity index (χ1n) is 9.65. The van der Waals surface area contributed by atoms with Crippen LogP contribution in [-0.4, -0.2) is 40.5 Å². The van der Waals surface area contributed by atoms with Crippen molar-refractivity contribution in [2.45, 2.75) is 45.3 Å². The van der Waals surface area contributed by atoms with Gasteiger partial charge in [0.1, 0.15) is 5.60 Å². The van der Waals surface area contributed by atoms with E-state index in [-0.39, 0.29) is 6.42 Å². The Bertz CT molecular complexity index is 796. The zero-order chi connectivity index (χ0) is 21.4. The molecule has 0 aromatic heterocycles. The van der Waals surface area contributed by atoms with Crippen molar-refractivity contribution in [3.8, 4) is 11.1 Å². The van der Waals surface area contributed by atoms with E-state index in [1.807, 2.05) is 54.6 Å². The largest absolute Gasteiger partial charge is 0.481 e. The highest BCUT2D eigenvalue weighted by molar-refractivity contribution is 5.71. The minimum absolute atomic E-state index is 0.103. The standard InChI is InChI=1S/C23H29NO5/c1-23(2,3)29-22(28)24-20(14-19(15-25)21(26)27)13-16-9-11-18(12-10-16)17-7-5-4-6-8-17/h4-12,19-20,25H,13-15H2,1-3H3,(H,24,28)(H,26,27)/t19-,20-/m1/s1. The van der Waals surface area contributed by atoms with Gasteiger partial charge in [-0.2, -0.15) is 0 Å². The Balaban J connectivity index is 2.13. The third-order valence-corrected chi connectivity index (χ3v) is 4.40. The maximum atomic E-state index is 12.2. The summed E-state index contributed by atoms with van der Waals surface area (Å²) >= 11 is 0. The van der Waals surface area contributed by atoms with E-state index in [2.05, 4.69) is 5.32 Å². The lowest BCUT2D eigenvalue weighted by Crippen LogP contribution is -2.42. The van der Waals surface area contributed by atoms with Crippen LogP contribution in [0.1, 0.15) is 32.8 Å². The van der Waals surface area contributed by atoms with E-state index in [9.17, 15) is 19.8 Å². The molecule has 0 saturated heterocycles. The van der Waals surface area contributed by atoms with Crippen LogP contribution in [0.25, 0.3) is 11.1 Å². The van der Waals surface area contributed by atoms with Gasteiger partial charge in [-0.25, -0.2) is 4.79 Å². The number of carbonyl (C=O) groups is 2. The summed E-state index contributed by atoms with van der Waals surface area (Å²) in [6.07, 6.45) is -0.0747. The third kappa shape index (κ3) is 7.58. The molecule has 2 rings (SSSR count). The molecule has 1 amide bonds. The third-order valence-electron chi connectivity index (χ3n) is 4.40. The van der Waals surface area contributed by atoms with Gasteiger partial charge in [0.2, 0.25) is 0 Å². The number of carboxylic acids is 1. The smallest absolute Gasteiger partial charge is 0.407 e. The van der Waals surface area contributed by atoms with Crippen LogP contribution in [0.3, 0.4) is 0 Å². The maximum Gasteiger partial charge on any atom is 0.407 e. The van der Waals surface area contributed by atoms with E-state index in [0.29, 0.717) is 6.42 Å². The number of alkyl carbamates (subject to hydrolysis) is 1. The molecule has 2 atom stereocenters. The van der Waals surface area contributed by atoms with Crippen LogP contribution in [0.2, 0.25) is 0 Å². The van der Waals surface area contributed by atoms with Crippen LogP contribution in [-0.2, 0) is 16.0 Å². The summed E-state index contributed by atoms with van der Waals surface area (Å²) in [5.41, 5.74) is 2.47. The normalized spacial score (nSPS) is 13.4. The van der Waals surface area contributed by atoms with E-state index in [1.54, 1.807) is 20.8 Å². The van der Waals surface area contributed by atoms with Crippen LogP contribution in [0, 0.1) is 5.92 Å². The molecule has 0 aliphatic carbocycles. The minimum Gasteiger partial charge on any atom is -0.481 e. The summed E-state index contributed by atoms with van der Waals surface area (Å²) in [4.78, 5) is 23.5. The van der Waals surface area contributed by atoms with Crippen molar-refractivity contribution >= 4 is 12.1 Å². The number of nitrogens with one attached hydrogen (secondary N) is 1. The Hall–Kier alpha value is -2.86. The van der Waals surface area contributed by atoms with Gasteiger partial charge in [-0.15, -0.1) is 0 Å². The highest BCUT2D eigenvalue weighted by Crippen LogP contribution is 2.21. The second-order valence-electron chi connectivity index (χ2n) is 8.06. The molecule has 2 aromatic rings. The van der Waals surface area contributed by atoms with Gasteiger partial charge < -0.3 is 20.3 Å². The molecule has 6 nitrogen and oxygen atoms in total. The Kier molecular flexibility index (Phi) is 7.79. The molecular weight excluding hydrogens is 370 g/mol. The van der Waals surface area contributed by atoms with Crippen LogP contribution in [0.15, 0.2) is 54.6 Å². The molecule has 29 heavy (non-hydrogen) atoms. The zero-order valence-electron chi connectivity index (χ0n) is 17.1. The van der Waals surface area contributed by atoms with E-state index in [1.165, 1.54) is 0 Å². The zero-order valence-corrected chi connectivity index (χ0v) is 17.1. The maximum absolute atomic E-state index is 12.2. The number of aliphatic hydroxyl groups excluding tert-OH is 1. The van der Waals surface area contributed by atoms with Crippen molar-refractivity contribution < 1.29 is 24.5 Å². The van der Waals surface area contributed by atoms with E-state index in [4.69, 9.17) is 4.74 Å². The van der Waals surface area contributed by atoms with Crippen LogP contribution >= 0.6 is 0 Å². The number of benzene rings is 2. The highest BCUT2D eigenvalue weighted by atomic mass is 16.6. The fourth-order valence-corrected chi connectivity index (χ4v) is 3.01. The Morgan fingerprint density at radius 3 is 2.10 bits per heavy atom. The molecule has 0 saturated carbocycles. The number of aliphatic hydroxyl groups is 1. The topological polar surface area (TPSA) is 95.9 Å². The molecule has 0 aliphatic rings. The fraction of sp³-hybridized carbons (Fsp3) is 0.391. The molecule has 0 fully saturated rings. The number of hydrogen-bond donors (Lipinski definition) is 3. The summed E-state index contributed by atoms with van der Waals surface area (Å²) in [7, 11) is 0. The van der Waals surface area contributed by atoms with Gasteiger partial charge in [-0.1, -0.05) is 54.6 Å². The minimum atomic E-state index is -1.09. The summed E-state index contributed by atoms with van der Waals surface area (Å²) < 4.78 is 5.30. The van der Waals surface area contributed by atoms with Crippen LogP contribution in [0.4, 0.5) is 4.79 Å². The Morgan fingerprint density at radius 1 is 1.00 bits per heavy atom. The lowest BCUT2D eigenvalue weighted by atomic mass is 9.94. The number of aliphatic carboxylic acids is 1. The number of hydrogen-bond acceptors (Lipinski definition) is 4. The van der Waals surface area contributed by atoms with Gasteiger partial charge in [0.15, 0.2) is 0 Å². The summed E-state index contributed by atoms with van der Waals surface area (Å²) in [6, 6.07) is 17.4. The van der Waals surface area contributed by atoms with Crippen molar-refractivity contribution in [3.05, 3.63) is 60.2 Å². The fourth-order valence-electron chi connectivity index (χ4n) is 3.01. The van der Waals surface area contributed by atoms with Gasteiger partial charge >= 0.3 is 12.1 Å². The lowest BCUT2D eigenvalue weighted by molar-refractivity contribution is -0.143. The lowest BCUT2D eigenvalue weighted by Gasteiger charge is -2.25. The van der Waals surface area contributed by atoms with Crippen LogP contribution in [0.5, 0.6) is 0 Å². The van der Waals surface area contributed by atoms with E-state index >= 15 is 0 Å². The molecule has 0 aliphatic heterocycles.